The van der Waals surface area contributed by atoms with E-state index >= 15 is 0 Å². The molecule has 0 atom stereocenters. The lowest BCUT2D eigenvalue weighted by Crippen LogP contribution is -2.17. The van der Waals surface area contributed by atoms with Gasteiger partial charge < -0.3 is 15.2 Å². The fraction of sp³-hybridized carbons (Fsp3) is 0.200. The Kier molecular flexibility index (Phi) is 4.46. The molecule has 0 fully saturated rings. The second-order valence-corrected chi connectivity index (χ2v) is 5.09. The van der Waals surface area contributed by atoms with Gasteiger partial charge in [-0.05, 0) is 18.2 Å². The number of aliphatic carboxylic acids is 1. The smallest absolute Gasteiger partial charge is 0.312 e. The zero-order valence-corrected chi connectivity index (χ0v) is 10.7. The summed E-state index contributed by atoms with van der Waals surface area (Å²) >= 11 is 0. The molecule has 0 aliphatic carbocycles. The Morgan fingerprint density at radius 2 is 2.05 bits per heavy atom. The standard InChI is InChI=1S/C10H12N2O6S/c1-18-8-3-2-6(19(11,16)17)4-7(8)12-9(13)5-10(14)15/h2-4H,5H2,1H3,(H,12,13)(H,14,15)(H2,11,16,17). The van der Waals surface area contributed by atoms with Gasteiger partial charge in [0.25, 0.3) is 0 Å². The number of carbonyl (C=O) groups excluding carboxylic acids is 1. The van der Waals surface area contributed by atoms with Crippen LogP contribution in [0.2, 0.25) is 0 Å². The number of nitrogens with one attached hydrogen (secondary N) is 1. The Balaban J connectivity index is 3.10. The number of carboxylic acids is 1. The second kappa shape index (κ2) is 5.67. The van der Waals surface area contributed by atoms with E-state index in [1.54, 1.807) is 0 Å². The average molecular weight is 288 g/mol. The molecule has 0 saturated heterocycles. The van der Waals surface area contributed by atoms with Crippen molar-refractivity contribution in [1.29, 1.82) is 0 Å². The maximum atomic E-state index is 11.3. The van der Waals surface area contributed by atoms with Crippen molar-refractivity contribution in [2.75, 3.05) is 12.4 Å². The highest BCUT2D eigenvalue weighted by atomic mass is 32.2. The summed E-state index contributed by atoms with van der Waals surface area (Å²) in [7, 11) is -2.61. The van der Waals surface area contributed by atoms with Crippen molar-refractivity contribution >= 4 is 27.6 Å². The molecule has 9 heteroatoms. The van der Waals surface area contributed by atoms with Crippen LogP contribution in [0.1, 0.15) is 6.42 Å². The van der Waals surface area contributed by atoms with Gasteiger partial charge >= 0.3 is 5.97 Å². The van der Waals surface area contributed by atoms with E-state index in [1.807, 2.05) is 0 Å². The number of sulfonamides is 1. The molecule has 0 aliphatic heterocycles. The lowest BCUT2D eigenvalue weighted by molar-refractivity contribution is -0.139. The van der Waals surface area contributed by atoms with Gasteiger partial charge in [0, 0.05) is 0 Å². The largest absolute Gasteiger partial charge is 0.495 e. The number of primary sulfonamides is 1. The van der Waals surface area contributed by atoms with Crippen molar-refractivity contribution in [2.45, 2.75) is 11.3 Å². The molecule has 1 aromatic carbocycles. The van der Waals surface area contributed by atoms with Crippen molar-refractivity contribution in [2.24, 2.45) is 5.14 Å². The summed E-state index contributed by atoms with van der Waals surface area (Å²) in [6, 6.07) is 3.60. The predicted octanol–water partition coefficient (Wildman–Crippen LogP) is -0.244. The summed E-state index contributed by atoms with van der Waals surface area (Å²) in [6.45, 7) is 0. The number of carbonyl (C=O) groups is 2. The summed E-state index contributed by atoms with van der Waals surface area (Å²) in [5.74, 6) is -1.93. The van der Waals surface area contributed by atoms with E-state index in [9.17, 15) is 18.0 Å². The van der Waals surface area contributed by atoms with Crippen LogP contribution in [0.15, 0.2) is 23.1 Å². The number of rotatable bonds is 5. The third-order valence-corrected chi connectivity index (χ3v) is 3.00. The van der Waals surface area contributed by atoms with Crippen molar-refractivity contribution < 1.29 is 27.9 Å². The molecule has 0 bridgehead atoms. The molecule has 0 saturated carbocycles. The first-order valence-corrected chi connectivity index (χ1v) is 6.51. The Bertz CT molecular complexity index is 610. The topological polar surface area (TPSA) is 136 Å². The minimum Gasteiger partial charge on any atom is -0.495 e. The molecule has 1 rings (SSSR count). The van der Waals surface area contributed by atoms with E-state index in [2.05, 4.69) is 5.32 Å². The van der Waals surface area contributed by atoms with E-state index in [0.717, 1.165) is 6.07 Å². The maximum absolute atomic E-state index is 11.3. The monoisotopic (exact) mass is 288 g/mol. The zero-order valence-electron chi connectivity index (χ0n) is 9.91. The SMILES string of the molecule is COc1ccc(S(N)(=O)=O)cc1NC(=O)CC(=O)O. The first kappa shape index (κ1) is 14.9. The van der Waals surface area contributed by atoms with Crippen LogP contribution in [0.3, 0.4) is 0 Å². The number of anilines is 1. The van der Waals surface area contributed by atoms with Crippen molar-refractivity contribution in [3.05, 3.63) is 18.2 Å². The van der Waals surface area contributed by atoms with Crippen LogP contribution in [0, 0.1) is 0 Å². The van der Waals surface area contributed by atoms with Gasteiger partial charge in [0.1, 0.15) is 12.2 Å². The number of nitrogens with two attached hydrogens (primary N) is 1. The molecular formula is C10H12N2O6S. The molecule has 0 heterocycles. The fourth-order valence-corrected chi connectivity index (χ4v) is 1.83. The lowest BCUT2D eigenvalue weighted by Gasteiger charge is -2.10. The first-order chi connectivity index (χ1) is 8.74. The van der Waals surface area contributed by atoms with Crippen molar-refractivity contribution in [1.82, 2.24) is 0 Å². The molecule has 0 aromatic heterocycles. The van der Waals surface area contributed by atoms with Crippen LogP contribution in [-0.2, 0) is 19.6 Å². The normalized spacial score (nSPS) is 10.8. The number of hydrogen-bond acceptors (Lipinski definition) is 5. The van der Waals surface area contributed by atoms with Crippen LogP contribution in [0.25, 0.3) is 0 Å². The molecule has 0 unspecified atom stereocenters. The molecule has 8 nitrogen and oxygen atoms in total. The molecular weight excluding hydrogens is 276 g/mol. The highest BCUT2D eigenvalue weighted by molar-refractivity contribution is 7.89. The van der Waals surface area contributed by atoms with Gasteiger partial charge in [-0.1, -0.05) is 0 Å². The summed E-state index contributed by atoms with van der Waals surface area (Å²) in [6.07, 6.45) is -0.747. The van der Waals surface area contributed by atoms with Crippen LogP contribution >= 0.6 is 0 Å². The van der Waals surface area contributed by atoms with Gasteiger partial charge in [0.2, 0.25) is 15.9 Å². The highest BCUT2D eigenvalue weighted by Gasteiger charge is 2.15. The lowest BCUT2D eigenvalue weighted by atomic mass is 10.2. The van der Waals surface area contributed by atoms with E-state index < -0.39 is 28.3 Å². The molecule has 19 heavy (non-hydrogen) atoms. The molecule has 1 aromatic rings. The number of amides is 1. The summed E-state index contributed by atoms with van der Waals surface area (Å²) in [5, 5.41) is 15.7. The summed E-state index contributed by atoms with van der Waals surface area (Å²) in [5.41, 5.74) is 0.0280. The highest BCUT2D eigenvalue weighted by Crippen LogP contribution is 2.27. The predicted molar refractivity (Wildman–Crippen MR) is 65.2 cm³/mol. The van der Waals surface area contributed by atoms with E-state index in [4.69, 9.17) is 15.0 Å². The minimum absolute atomic E-state index is 0.0280. The molecule has 0 aliphatic rings. The Morgan fingerprint density at radius 1 is 1.42 bits per heavy atom. The average Bonchev–Trinajstić information content (AvgIpc) is 2.26. The van der Waals surface area contributed by atoms with Gasteiger partial charge in [-0.15, -0.1) is 0 Å². The van der Waals surface area contributed by atoms with Gasteiger partial charge in [0.05, 0.1) is 17.7 Å². The van der Waals surface area contributed by atoms with Crippen LogP contribution in [-0.4, -0.2) is 32.5 Å². The van der Waals surface area contributed by atoms with Gasteiger partial charge in [-0.3, -0.25) is 9.59 Å². The first-order valence-electron chi connectivity index (χ1n) is 4.96. The van der Waals surface area contributed by atoms with E-state index in [-0.39, 0.29) is 16.3 Å². The Morgan fingerprint density at radius 3 is 2.53 bits per heavy atom. The molecule has 1 amide bonds. The summed E-state index contributed by atoms with van der Waals surface area (Å²) < 4.78 is 27.3. The fourth-order valence-electron chi connectivity index (χ4n) is 1.29. The molecule has 104 valence electrons. The zero-order chi connectivity index (χ0) is 14.6. The summed E-state index contributed by atoms with van der Waals surface area (Å²) in [4.78, 5) is 21.5. The van der Waals surface area contributed by atoms with Gasteiger partial charge in [-0.25, -0.2) is 13.6 Å². The van der Waals surface area contributed by atoms with Crippen LogP contribution in [0.5, 0.6) is 5.75 Å². The third kappa shape index (κ3) is 4.23. The van der Waals surface area contributed by atoms with E-state index in [0.29, 0.717) is 0 Å². The number of ether oxygens (including phenoxy) is 1. The molecule has 0 radical (unpaired) electrons. The van der Waals surface area contributed by atoms with Crippen molar-refractivity contribution in [3.63, 3.8) is 0 Å². The quantitative estimate of drug-likeness (QED) is 0.639. The number of benzene rings is 1. The Labute approximate surface area is 109 Å². The maximum Gasteiger partial charge on any atom is 0.312 e. The number of hydrogen-bond donors (Lipinski definition) is 3. The second-order valence-electron chi connectivity index (χ2n) is 3.53. The van der Waals surface area contributed by atoms with Gasteiger partial charge in [-0.2, -0.15) is 0 Å². The molecule has 0 spiro atoms. The Hall–Kier alpha value is -2.13. The van der Waals surface area contributed by atoms with Gasteiger partial charge in [0.15, 0.2) is 0 Å². The van der Waals surface area contributed by atoms with Crippen molar-refractivity contribution in [3.8, 4) is 5.75 Å². The third-order valence-electron chi connectivity index (χ3n) is 2.09. The molecule has 4 N–H and O–H groups in total. The van der Waals surface area contributed by atoms with Crippen LogP contribution < -0.4 is 15.2 Å². The van der Waals surface area contributed by atoms with E-state index in [1.165, 1.54) is 19.2 Å². The number of methoxy groups -OCH3 is 1. The minimum atomic E-state index is -3.93. The van der Waals surface area contributed by atoms with Crippen LogP contribution in [0.4, 0.5) is 5.69 Å². The number of carboxylic acid groups (broad SMARTS) is 1.